The maximum atomic E-state index is 12.3. The van der Waals surface area contributed by atoms with Gasteiger partial charge in [0, 0.05) is 5.56 Å². The molecule has 21 heavy (non-hydrogen) atoms. The molecule has 0 aromatic heterocycles. The van der Waals surface area contributed by atoms with E-state index in [0.29, 0.717) is 6.54 Å². The Kier molecular flexibility index (Phi) is 4.46. The largest absolute Gasteiger partial charge is 0.328 e. The fourth-order valence-electron chi connectivity index (χ4n) is 3.04. The molecular weight excluding hydrogens is 258 g/mol. The van der Waals surface area contributed by atoms with Gasteiger partial charge in [-0.15, -0.1) is 0 Å². The van der Waals surface area contributed by atoms with Crippen LogP contribution < -0.4 is 4.90 Å². The van der Waals surface area contributed by atoms with Crippen LogP contribution >= 0.6 is 0 Å². The highest BCUT2D eigenvalue weighted by Crippen LogP contribution is 2.19. The number of nitrogens with one attached hydrogen (secondary N) is 1. The first-order valence-corrected chi connectivity index (χ1v) is 7.85. The van der Waals surface area contributed by atoms with Crippen molar-refractivity contribution >= 4 is 5.78 Å². The molecule has 0 saturated carbocycles. The van der Waals surface area contributed by atoms with E-state index in [-0.39, 0.29) is 5.78 Å². The molecule has 1 fully saturated rings. The molecular formula is C19H22NO+. The van der Waals surface area contributed by atoms with Gasteiger partial charge in [-0.3, -0.25) is 4.79 Å². The topological polar surface area (TPSA) is 21.5 Å². The van der Waals surface area contributed by atoms with Crippen molar-refractivity contribution in [2.45, 2.75) is 19.3 Å². The summed E-state index contributed by atoms with van der Waals surface area (Å²) in [6, 6.07) is 18.3. The fraction of sp³-hybridized carbons (Fsp3) is 0.316. The van der Waals surface area contributed by atoms with Gasteiger partial charge in [-0.2, -0.15) is 0 Å². The Morgan fingerprint density at radius 3 is 2.10 bits per heavy atom. The number of rotatable bonds is 4. The van der Waals surface area contributed by atoms with Crippen LogP contribution in [0.4, 0.5) is 0 Å². The molecule has 3 rings (SSSR count). The van der Waals surface area contributed by atoms with E-state index in [4.69, 9.17) is 0 Å². The number of quaternary nitrogens is 1. The summed E-state index contributed by atoms with van der Waals surface area (Å²) in [4.78, 5) is 13.8. The number of hydrogen-bond donors (Lipinski definition) is 1. The van der Waals surface area contributed by atoms with E-state index in [1.165, 1.54) is 29.7 Å². The second kappa shape index (κ2) is 6.68. The van der Waals surface area contributed by atoms with Crippen molar-refractivity contribution < 1.29 is 9.69 Å². The van der Waals surface area contributed by atoms with Gasteiger partial charge in [0.1, 0.15) is 6.54 Å². The number of carbonyl (C=O) groups is 1. The average molecular weight is 280 g/mol. The van der Waals surface area contributed by atoms with Crippen LogP contribution in [0.2, 0.25) is 0 Å². The molecule has 2 aromatic rings. The molecule has 0 radical (unpaired) electrons. The summed E-state index contributed by atoms with van der Waals surface area (Å²) in [6.45, 7) is 2.94. The molecule has 108 valence electrons. The lowest BCUT2D eigenvalue weighted by Crippen LogP contribution is -3.13. The Morgan fingerprint density at radius 2 is 1.43 bits per heavy atom. The van der Waals surface area contributed by atoms with Crippen LogP contribution in [0.3, 0.4) is 0 Å². The van der Waals surface area contributed by atoms with Crippen molar-refractivity contribution in [2.75, 3.05) is 19.6 Å². The predicted octanol–water partition coefficient (Wildman–Crippen LogP) is 2.61. The van der Waals surface area contributed by atoms with Crippen LogP contribution in [0.1, 0.15) is 29.6 Å². The maximum absolute atomic E-state index is 12.3. The molecule has 0 atom stereocenters. The minimum Gasteiger partial charge on any atom is -0.328 e. The normalized spacial score (nSPS) is 15.8. The molecule has 0 aliphatic carbocycles. The number of carbonyl (C=O) groups excluding carboxylic acids is 1. The van der Waals surface area contributed by atoms with E-state index in [9.17, 15) is 4.79 Å². The Morgan fingerprint density at radius 1 is 0.810 bits per heavy atom. The molecule has 1 saturated heterocycles. The van der Waals surface area contributed by atoms with Gasteiger partial charge in [0.25, 0.3) is 0 Å². The third-order valence-corrected chi connectivity index (χ3v) is 4.29. The quantitative estimate of drug-likeness (QED) is 0.854. The summed E-state index contributed by atoms with van der Waals surface area (Å²) in [5.74, 6) is 0.270. The molecule has 1 heterocycles. The zero-order valence-electron chi connectivity index (χ0n) is 12.3. The van der Waals surface area contributed by atoms with Gasteiger partial charge in [-0.25, -0.2) is 0 Å². The van der Waals surface area contributed by atoms with Crippen molar-refractivity contribution in [1.82, 2.24) is 0 Å². The molecule has 1 aliphatic heterocycles. The Balaban J connectivity index is 1.67. The summed E-state index contributed by atoms with van der Waals surface area (Å²) >= 11 is 0. The van der Waals surface area contributed by atoms with Gasteiger partial charge in [0.2, 0.25) is 5.78 Å². The molecule has 0 spiro atoms. The second-order valence-electron chi connectivity index (χ2n) is 5.85. The third-order valence-electron chi connectivity index (χ3n) is 4.29. The number of benzene rings is 2. The summed E-state index contributed by atoms with van der Waals surface area (Å²) < 4.78 is 0. The first kappa shape index (κ1) is 14.0. The standard InChI is InChI=1S/C19H21NO/c21-19(15-20-13-5-2-6-14-20)18-11-9-17(10-12-18)16-7-3-1-4-8-16/h1,3-4,7-12H,2,5-6,13-15H2/p+1. The summed E-state index contributed by atoms with van der Waals surface area (Å²) in [6.07, 6.45) is 3.84. The average Bonchev–Trinajstić information content (AvgIpc) is 2.57. The van der Waals surface area contributed by atoms with Gasteiger partial charge >= 0.3 is 0 Å². The van der Waals surface area contributed by atoms with E-state index >= 15 is 0 Å². The molecule has 2 aromatic carbocycles. The third kappa shape index (κ3) is 3.59. The highest BCUT2D eigenvalue weighted by atomic mass is 16.1. The predicted molar refractivity (Wildman–Crippen MR) is 85.6 cm³/mol. The minimum absolute atomic E-state index is 0.270. The summed E-state index contributed by atoms with van der Waals surface area (Å²) in [5.41, 5.74) is 3.20. The van der Waals surface area contributed by atoms with E-state index in [1.54, 1.807) is 0 Å². The Labute approximate surface area is 126 Å². The minimum atomic E-state index is 0.270. The lowest BCUT2D eigenvalue weighted by atomic mass is 10.0. The molecule has 0 unspecified atom stereocenters. The molecule has 0 bridgehead atoms. The smallest absolute Gasteiger partial charge is 0.216 e. The lowest BCUT2D eigenvalue weighted by Gasteiger charge is -2.22. The van der Waals surface area contributed by atoms with Crippen LogP contribution in [0.15, 0.2) is 54.6 Å². The fourth-order valence-corrected chi connectivity index (χ4v) is 3.04. The molecule has 1 aliphatic rings. The molecule has 1 N–H and O–H groups in total. The number of likely N-dealkylation sites (tertiary alicyclic amines) is 1. The van der Waals surface area contributed by atoms with Crippen molar-refractivity contribution in [1.29, 1.82) is 0 Å². The van der Waals surface area contributed by atoms with Crippen molar-refractivity contribution in [3.63, 3.8) is 0 Å². The SMILES string of the molecule is O=C(C[NH+]1CCCCC1)c1ccc(-c2ccccc2)cc1. The Hall–Kier alpha value is -1.93. The van der Waals surface area contributed by atoms with Gasteiger partial charge < -0.3 is 4.90 Å². The Bertz CT molecular complexity index is 583. The zero-order chi connectivity index (χ0) is 14.5. The number of Topliss-reactive ketones (excluding diaryl/α,β-unsaturated/α-hetero) is 1. The lowest BCUT2D eigenvalue weighted by molar-refractivity contribution is -0.896. The van der Waals surface area contributed by atoms with Crippen molar-refractivity contribution in [3.8, 4) is 11.1 Å². The van der Waals surface area contributed by atoms with E-state index in [2.05, 4.69) is 12.1 Å². The van der Waals surface area contributed by atoms with Gasteiger partial charge in [-0.1, -0.05) is 54.6 Å². The van der Waals surface area contributed by atoms with Crippen molar-refractivity contribution in [3.05, 3.63) is 60.2 Å². The molecule has 2 heteroatoms. The van der Waals surface area contributed by atoms with Crippen LogP contribution in [0, 0.1) is 0 Å². The number of piperidine rings is 1. The van der Waals surface area contributed by atoms with Crippen LogP contribution in [-0.2, 0) is 0 Å². The van der Waals surface area contributed by atoms with Crippen molar-refractivity contribution in [2.24, 2.45) is 0 Å². The van der Waals surface area contributed by atoms with Gasteiger partial charge in [0.05, 0.1) is 13.1 Å². The molecule has 0 amide bonds. The second-order valence-corrected chi connectivity index (χ2v) is 5.85. The van der Waals surface area contributed by atoms with Crippen LogP contribution in [-0.4, -0.2) is 25.4 Å². The highest BCUT2D eigenvalue weighted by molar-refractivity contribution is 5.97. The van der Waals surface area contributed by atoms with E-state index in [1.807, 2.05) is 42.5 Å². The summed E-state index contributed by atoms with van der Waals surface area (Å²) in [7, 11) is 0. The maximum Gasteiger partial charge on any atom is 0.216 e. The van der Waals surface area contributed by atoms with Gasteiger partial charge in [0.15, 0.2) is 0 Å². The molecule has 2 nitrogen and oxygen atoms in total. The van der Waals surface area contributed by atoms with E-state index < -0.39 is 0 Å². The van der Waals surface area contributed by atoms with Gasteiger partial charge in [-0.05, 0) is 30.4 Å². The first-order valence-electron chi connectivity index (χ1n) is 7.85. The highest BCUT2D eigenvalue weighted by Gasteiger charge is 2.18. The zero-order valence-corrected chi connectivity index (χ0v) is 12.3. The summed E-state index contributed by atoms with van der Waals surface area (Å²) in [5, 5.41) is 0. The number of ketones is 1. The van der Waals surface area contributed by atoms with Crippen LogP contribution in [0.25, 0.3) is 11.1 Å². The van der Waals surface area contributed by atoms with E-state index in [0.717, 1.165) is 24.2 Å². The monoisotopic (exact) mass is 280 g/mol. The number of hydrogen-bond acceptors (Lipinski definition) is 1. The first-order chi connectivity index (χ1) is 10.3. The van der Waals surface area contributed by atoms with Crippen LogP contribution in [0.5, 0.6) is 0 Å².